The molecule has 0 aliphatic carbocycles. The van der Waals surface area contributed by atoms with Crippen LogP contribution < -0.4 is 10.1 Å². The van der Waals surface area contributed by atoms with E-state index >= 15 is 0 Å². The number of carboxylic acids is 1. The molecule has 130 valence electrons. The van der Waals surface area contributed by atoms with Crippen LogP contribution in [0.1, 0.15) is 45.2 Å². The number of carbonyl (C=O) groups excluding carboxylic acids is 1. The number of carboxylic acid groups (broad SMARTS) is 1. The van der Waals surface area contributed by atoms with E-state index in [1.54, 1.807) is 7.11 Å². The zero-order valence-corrected chi connectivity index (χ0v) is 15.2. The van der Waals surface area contributed by atoms with Crippen molar-refractivity contribution in [2.45, 2.75) is 53.5 Å². The predicted octanol–water partition coefficient (Wildman–Crippen LogP) is 3.32. The van der Waals surface area contributed by atoms with Crippen molar-refractivity contribution >= 4 is 11.9 Å². The van der Waals surface area contributed by atoms with Gasteiger partial charge in [-0.3, -0.25) is 4.79 Å². The third kappa shape index (κ3) is 6.30. The minimum absolute atomic E-state index is 0.0890. The molecule has 5 nitrogen and oxygen atoms in total. The molecule has 1 aromatic carbocycles. The summed E-state index contributed by atoms with van der Waals surface area (Å²) in [5.74, 6) is -0.429. The van der Waals surface area contributed by atoms with Gasteiger partial charge < -0.3 is 15.2 Å². The summed E-state index contributed by atoms with van der Waals surface area (Å²) in [5, 5.41) is 11.4. The van der Waals surface area contributed by atoms with Crippen LogP contribution in [-0.2, 0) is 9.59 Å². The van der Waals surface area contributed by atoms with Crippen molar-refractivity contribution in [3.05, 3.63) is 29.3 Å². The summed E-state index contributed by atoms with van der Waals surface area (Å²) in [5.41, 5.74) is 1.32. The monoisotopic (exact) mass is 323 g/mol. The highest BCUT2D eigenvalue weighted by atomic mass is 16.5. The van der Waals surface area contributed by atoms with Gasteiger partial charge in [0.15, 0.2) is 0 Å². The molecule has 1 amide bonds. The van der Waals surface area contributed by atoms with Gasteiger partial charge in [-0.1, -0.05) is 38.0 Å². The van der Waals surface area contributed by atoms with Crippen molar-refractivity contribution in [1.29, 1.82) is 0 Å². The van der Waals surface area contributed by atoms with Gasteiger partial charge in [-0.25, -0.2) is 4.79 Å². The van der Waals surface area contributed by atoms with E-state index in [0.29, 0.717) is 6.42 Å². The molecule has 0 bridgehead atoms. The van der Waals surface area contributed by atoms with Crippen LogP contribution in [0, 0.1) is 19.8 Å². The van der Waals surface area contributed by atoms with E-state index in [1.807, 2.05) is 32.9 Å². The number of aliphatic carboxylic acids is 1. The number of amides is 1. The lowest BCUT2D eigenvalue weighted by molar-refractivity contribution is -0.149. The van der Waals surface area contributed by atoms with Crippen LogP contribution in [0.5, 0.6) is 5.75 Å². The molecule has 2 atom stereocenters. The molecule has 23 heavy (non-hydrogen) atoms. The van der Waals surface area contributed by atoms with Crippen molar-refractivity contribution in [3.63, 3.8) is 0 Å². The first kappa shape index (κ1) is 21.0. The molecule has 0 saturated carbocycles. The first-order chi connectivity index (χ1) is 10.6. The first-order valence-electron chi connectivity index (χ1n) is 7.71. The highest BCUT2D eigenvalue weighted by Gasteiger charge is 2.38. The Morgan fingerprint density at radius 2 is 1.91 bits per heavy atom. The molecular weight excluding hydrogens is 294 g/mol. The Balaban J connectivity index is 0.000000433. The van der Waals surface area contributed by atoms with Crippen LogP contribution in [0.4, 0.5) is 0 Å². The van der Waals surface area contributed by atoms with E-state index in [-0.39, 0.29) is 11.8 Å². The molecule has 0 heterocycles. The normalized spacial score (nSPS) is 13.9. The second-order valence-electron chi connectivity index (χ2n) is 5.97. The first-order valence-corrected chi connectivity index (χ1v) is 7.71. The fourth-order valence-electron chi connectivity index (χ4n) is 2.19. The van der Waals surface area contributed by atoms with Gasteiger partial charge in [0.1, 0.15) is 11.3 Å². The van der Waals surface area contributed by atoms with E-state index < -0.39 is 11.5 Å². The van der Waals surface area contributed by atoms with E-state index in [4.69, 9.17) is 9.84 Å². The number of rotatable bonds is 5. The SMILES string of the molecule is CCC(C)C(C)(NC(C)=O)C(=O)O.COc1ccc(C)cc1C. The number of benzene rings is 1. The summed E-state index contributed by atoms with van der Waals surface area (Å²) in [6.07, 6.45) is 0.711. The van der Waals surface area contributed by atoms with Crippen LogP contribution >= 0.6 is 0 Å². The molecule has 0 aromatic heterocycles. The second kappa shape index (κ2) is 9.18. The Bertz CT molecular complexity index is 542. The summed E-state index contributed by atoms with van der Waals surface area (Å²) in [6, 6.07) is 6.15. The van der Waals surface area contributed by atoms with Gasteiger partial charge in [0.05, 0.1) is 7.11 Å². The topological polar surface area (TPSA) is 75.6 Å². The molecule has 0 fully saturated rings. The van der Waals surface area contributed by atoms with Crippen molar-refractivity contribution in [2.24, 2.45) is 5.92 Å². The van der Waals surface area contributed by atoms with Gasteiger partial charge in [-0.05, 0) is 38.3 Å². The van der Waals surface area contributed by atoms with Crippen molar-refractivity contribution < 1.29 is 19.4 Å². The van der Waals surface area contributed by atoms with E-state index in [9.17, 15) is 9.59 Å². The Morgan fingerprint density at radius 1 is 1.35 bits per heavy atom. The molecule has 5 heteroatoms. The maximum Gasteiger partial charge on any atom is 0.329 e. The predicted molar refractivity (Wildman–Crippen MR) is 91.8 cm³/mol. The average Bonchev–Trinajstić information content (AvgIpc) is 2.46. The van der Waals surface area contributed by atoms with Crippen molar-refractivity contribution in [2.75, 3.05) is 7.11 Å². The van der Waals surface area contributed by atoms with Crippen LogP contribution in [-0.4, -0.2) is 29.6 Å². The van der Waals surface area contributed by atoms with E-state index in [0.717, 1.165) is 5.75 Å². The minimum atomic E-state index is -1.15. The molecule has 1 aromatic rings. The molecule has 2 unspecified atom stereocenters. The Morgan fingerprint density at radius 3 is 2.26 bits per heavy atom. The molecule has 0 saturated heterocycles. The van der Waals surface area contributed by atoms with Crippen molar-refractivity contribution in [3.8, 4) is 5.75 Å². The number of ether oxygens (including phenoxy) is 1. The summed E-state index contributed by atoms with van der Waals surface area (Å²) in [4.78, 5) is 21.8. The quantitative estimate of drug-likeness (QED) is 0.871. The summed E-state index contributed by atoms with van der Waals surface area (Å²) in [6.45, 7) is 10.7. The van der Waals surface area contributed by atoms with Crippen LogP contribution in [0.25, 0.3) is 0 Å². The molecule has 0 spiro atoms. The number of carbonyl (C=O) groups is 2. The fraction of sp³-hybridized carbons (Fsp3) is 0.556. The van der Waals surface area contributed by atoms with Crippen molar-refractivity contribution in [1.82, 2.24) is 5.32 Å². The molecule has 2 N–H and O–H groups in total. The minimum Gasteiger partial charge on any atom is -0.496 e. The number of hydrogen-bond donors (Lipinski definition) is 2. The molecule has 0 radical (unpaired) electrons. The smallest absolute Gasteiger partial charge is 0.329 e. The van der Waals surface area contributed by atoms with Gasteiger partial charge >= 0.3 is 5.97 Å². The largest absolute Gasteiger partial charge is 0.496 e. The molecule has 0 aliphatic heterocycles. The van der Waals surface area contributed by atoms with Crippen LogP contribution in [0.3, 0.4) is 0 Å². The number of hydrogen-bond acceptors (Lipinski definition) is 3. The average molecular weight is 323 g/mol. The summed E-state index contributed by atoms with van der Waals surface area (Å²) >= 11 is 0. The molecular formula is C18H29NO4. The second-order valence-corrected chi connectivity index (χ2v) is 5.97. The summed E-state index contributed by atoms with van der Waals surface area (Å²) in [7, 11) is 1.69. The standard InChI is InChI=1S/C9H17NO3.C9H12O/c1-5-6(2)9(4,8(12)13)10-7(3)11;1-7-4-5-9(10-3)8(2)6-7/h6H,5H2,1-4H3,(H,10,11)(H,12,13);4-6H,1-3H3. The highest BCUT2D eigenvalue weighted by Crippen LogP contribution is 2.20. The van der Waals surface area contributed by atoms with E-state index in [1.165, 1.54) is 25.0 Å². The van der Waals surface area contributed by atoms with Gasteiger partial charge in [0.2, 0.25) is 5.91 Å². The summed E-state index contributed by atoms with van der Waals surface area (Å²) < 4.78 is 5.10. The third-order valence-corrected chi connectivity index (χ3v) is 4.03. The van der Waals surface area contributed by atoms with Crippen LogP contribution in [0.2, 0.25) is 0 Å². The maximum absolute atomic E-state index is 10.9. The lowest BCUT2D eigenvalue weighted by atomic mass is 9.85. The molecule has 1 rings (SSSR count). The third-order valence-electron chi connectivity index (χ3n) is 4.03. The van der Waals surface area contributed by atoms with Gasteiger partial charge in [-0.2, -0.15) is 0 Å². The van der Waals surface area contributed by atoms with E-state index in [2.05, 4.69) is 18.3 Å². The fourth-order valence-corrected chi connectivity index (χ4v) is 2.19. The zero-order valence-electron chi connectivity index (χ0n) is 15.2. The number of methoxy groups -OCH3 is 1. The number of aryl methyl sites for hydroxylation is 2. The van der Waals surface area contributed by atoms with Gasteiger partial charge in [0.25, 0.3) is 0 Å². The van der Waals surface area contributed by atoms with Crippen LogP contribution in [0.15, 0.2) is 18.2 Å². The zero-order chi connectivity index (χ0) is 18.2. The number of nitrogens with one attached hydrogen (secondary N) is 1. The Kier molecular flexibility index (Phi) is 8.36. The van der Waals surface area contributed by atoms with Gasteiger partial charge in [-0.15, -0.1) is 0 Å². The Hall–Kier alpha value is -2.04. The maximum atomic E-state index is 10.9. The van der Waals surface area contributed by atoms with Gasteiger partial charge in [0, 0.05) is 6.92 Å². The molecule has 0 aliphatic rings. The highest BCUT2D eigenvalue weighted by molar-refractivity contribution is 5.85. The lowest BCUT2D eigenvalue weighted by Crippen LogP contribution is -2.55. The Labute approximate surface area is 139 Å². The lowest BCUT2D eigenvalue weighted by Gasteiger charge is -2.31.